The third-order valence-corrected chi connectivity index (χ3v) is 6.92. The van der Waals surface area contributed by atoms with E-state index in [2.05, 4.69) is 4.98 Å². The molecule has 44 heavy (non-hydrogen) atoms. The number of carboxylic acid groups (broad SMARTS) is 3. The zero-order valence-electron chi connectivity index (χ0n) is 25.1. The van der Waals surface area contributed by atoms with Gasteiger partial charge in [0.15, 0.2) is 18.0 Å². The number of aromatic nitrogens is 2. The Morgan fingerprint density at radius 1 is 0.955 bits per heavy atom. The highest BCUT2D eigenvalue weighted by Crippen LogP contribution is 2.32. The van der Waals surface area contributed by atoms with Crippen molar-refractivity contribution in [2.24, 2.45) is 0 Å². The fourth-order valence-corrected chi connectivity index (χ4v) is 4.61. The van der Waals surface area contributed by atoms with Crippen LogP contribution in [-0.4, -0.2) is 84.9 Å². The summed E-state index contributed by atoms with van der Waals surface area (Å²) in [7, 11) is 0.571. The van der Waals surface area contributed by atoms with Crippen molar-refractivity contribution in [2.45, 2.75) is 62.8 Å². The summed E-state index contributed by atoms with van der Waals surface area (Å²) in [6, 6.07) is 6.04. The van der Waals surface area contributed by atoms with Gasteiger partial charge < -0.3 is 38.3 Å². The molecule has 0 radical (unpaired) electrons. The van der Waals surface area contributed by atoms with Crippen LogP contribution >= 0.6 is 0 Å². The molecule has 0 bridgehead atoms. The highest BCUT2D eigenvalue weighted by Gasteiger charge is 2.18. The molecule has 0 fully saturated rings. The minimum absolute atomic E-state index is 0.0409. The number of nitrogens with zero attached hydrogens (tertiary/aromatic N) is 3. The Morgan fingerprint density at radius 2 is 1.55 bits per heavy atom. The molecule has 242 valence electrons. The van der Waals surface area contributed by atoms with E-state index in [4.69, 9.17) is 19.4 Å². The highest BCUT2D eigenvalue weighted by molar-refractivity contribution is 7.85. The van der Waals surface area contributed by atoms with E-state index in [1.54, 1.807) is 33.3 Å². The molecule has 0 amide bonds. The normalized spacial score (nSPS) is 11.5. The quantitative estimate of drug-likeness (QED) is 0.0939. The number of carboxylic acids is 3. The smallest absolute Gasteiger partial charge is 0.303 e. The summed E-state index contributed by atoms with van der Waals surface area (Å²) in [5.41, 5.74) is 1.11. The minimum Gasteiger partial charge on any atom is -0.744 e. The molecule has 2 aromatic heterocycles. The van der Waals surface area contributed by atoms with Crippen LogP contribution in [0.4, 0.5) is 0 Å². The number of fused-ring (bicyclic) bond motifs is 1. The van der Waals surface area contributed by atoms with E-state index in [1.165, 1.54) is 6.07 Å². The number of quaternary nitrogens is 1. The van der Waals surface area contributed by atoms with E-state index in [9.17, 15) is 32.5 Å². The van der Waals surface area contributed by atoms with Gasteiger partial charge in [-0.25, -0.2) is 18.0 Å². The maximum atomic E-state index is 11.8. The number of likely N-dealkylation sites (N-methyl/N-ethyl adjacent to an activating group) is 1. The van der Waals surface area contributed by atoms with Crippen molar-refractivity contribution in [3.05, 3.63) is 36.7 Å². The van der Waals surface area contributed by atoms with E-state index in [0.29, 0.717) is 35.7 Å². The average molecular weight is 638 g/mol. The van der Waals surface area contributed by atoms with Crippen molar-refractivity contribution in [1.29, 1.82) is 0 Å². The van der Waals surface area contributed by atoms with E-state index in [-0.39, 0.29) is 48.7 Å². The topological polar surface area (TPSA) is 211 Å². The van der Waals surface area contributed by atoms with Crippen molar-refractivity contribution in [3.8, 4) is 17.2 Å². The molecular weight excluding hydrogens is 598 g/mol. The molecular formula is C29H39N3O11S. The van der Waals surface area contributed by atoms with Crippen LogP contribution in [0.2, 0.25) is 0 Å². The lowest BCUT2D eigenvalue weighted by atomic mass is 10.2. The maximum absolute atomic E-state index is 11.8. The molecule has 0 aliphatic heterocycles. The van der Waals surface area contributed by atoms with E-state index in [0.717, 1.165) is 25.5 Å². The standard InChI is InChI=1S/C24H28N2O9S.C5H11NO2/c27-22(28)7-3-1-5-11-26-12-9-17(10-13-26)24-25-18-15-21(36(31,32)33)20(16-19(18)35-24)34-14-6-2-4-8-23(29)30;1-6(2,3)4-5(7)8/h9-10,12-13,15-16H,1-8,11,14H2,(H2-,27,28,29,30,31,32,33);4H2,1-3H3. The van der Waals surface area contributed by atoms with Gasteiger partial charge in [-0.1, -0.05) is 0 Å². The summed E-state index contributed by atoms with van der Waals surface area (Å²) in [5.74, 6) is -2.57. The number of oxazole rings is 1. The van der Waals surface area contributed by atoms with E-state index < -0.39 is 32.9 Å². The number of carbonyl (C=O) groups excluding carboxylic acids is 1. The fraction of sp³-hybridized carbons (Fsp3) is 0.483. The molecule has 2 N–H and O–H groups in total. The molecule has 0 aliphatic carbocycles. The van der Waals surface area contributed by atoms with Crippen molar-refractivity contribution in [1.82, 2.24) is 4.98 Å². The van der Waals surface area contributed by atoms with Crippen LogP contribution in [0.5, 0.6) is 5.75 Å². The average Bonchev–Trinajstić information content (AvgIpc) is 3.31. The summed E-state index contributed by atoms with van der Waals surface area (Å²) >= 11 is 0. The number of carbonyl (C=O) groups is 3. The summed E-state index contributed by atoms with van der Waals surface area (Å²) in [6.45, 7) is 0.915. The number of hydrogen-bond acceptors (Lipinski definition) is 10. The van der Waals surface area contributed by atoms with Gasteiger partial charge in [-0.05, 0) is 38.2 Å². The third-order valence-electron chi connectivity index (χ3n) is 6.06. The zero-order valence-corrected chi connectivity index (χ0v) is 25.9. The number of pyridine rings is 1. The molecule has 14 nitrogen and oxygen atoms in total. The van der Waals surface area contributed by atoms with E-state index in [1.807, 2.05) is 17.0 Å². The number of rotatable bonds is 17. The van der Waals surface area contributed by atoms with Gasteiger partial charge in [0.25, 0.3) is 0 Å². The molecule has 0 spiro atoms. The van der Waals surface area contributed by atoms with Crippen molar-refractivity contribution >= 4 is 39.1 Å². The van der Waals surface area contributed by atoms with Gasteiger partial charge in [0.1, 0.15) is 34.5 Å². The number of benzene rings is 1. The summed E-state index contributed by atoms with van der Waals surface area (Å²) < 4.78 is 49.1. The first-order chi connectivity index (χ1) is 20.5. The van der Waals surface area contributed by atoms with Gasteiger partial charge in [0.05, 0.1) is 38.6 Å². The van der Waals surface area contributed by atoms with Crippen LogP contribution in [-0.2, 0) is 31.0 Å². The second-order valence-corrected chi connectivity index (χ2v) is 12.5. The lowest BCUT2D eigenvalue weighted by Gasteiger charge is -2.23. The lowest BCUT2D eigenvalue weighted by Crippen LogP contribution is -2.45. The Bertz CT molecular complexity index is 1510. The van der Waals surface area contributed by atoms with Gasteiger partial charge in [-0.15, -0.1) is 0 Å². The van der Waals surface area contributed by atoms with Crippen LogP contribution < -0.4 is 14.4 Å². The highest BCUT2D eigenvalue weighted by atomic mass is 32.2. The lowest BCUT2D eigenvalue weighted by molar-refractivity contribution is -0.864. The van der Waals surface area contributed by atoms with Crippen LogP contribution in [0.15, 0.2) is 46.0 Å². The number of aliphatic carboxylic acids is 3. The molecule has 0 atom stereocenters. The van der Waals surface area contributed by atoms with E-state index >= 15 is 0 Å². The first-order valence-electron chi connectivity index (χ1n) is 14.0. The Balaban J connectivity index is 0.000000742. The molecule has 0 unspecified atom stereocenters. The second-order valence-electron chi connectivity index (χ2n) is 11.1. The fourth-order valence-electron chi connectivity index (χ4n) is 3.99. The molecule has 2 heterocycles. The molecule has 3 rings (SSSR count). The zero-order chi connectivity index (χ0) is 32.9. The van der Waals surface area contributed by atoms with Gasteiger partial charge >= 0.3 is 11.9 Å². The summed E-state index contributed by atoms with van der Waals surface area (Å²) in [5, 5.41) is 27.2. The molecule has 0 saturated heterocycles. The van der Waals surface area contributed by atoms with Crippen LogP contribution in [0.25, 0.3) is 22.6 Å². The SMILES string of the molecule is C[N+](C)(C)CC(=O)[O-].O=C(O)CCCCCOc1cc2oc(-c3cc[n+](CCCCCC(=O)O)cc3)nc2cc1S(=O)(=O)[O-]. The van der Waals surface area contributed by atoms with Crippen molar-refractivity contribution in [2.75, 3.05) is 34.3 Å². The molecule has 0 aliphatic rings. The van der Waals surface area contributed by atoms with Gasteiger partial charge in [-0.3, -0.25) is 9.59 Å². The van der Waals surface area contributed by atoms with Gasteiger partial charge in [0.2, 0.25) is 5.89 Å². The first kappa shape index (κ1) is 36.1. The predicted molar refractivity (Wildman–Crippen MR) is 153 cm³/mol. The van der Waals surface area contributed by atoms with Crippen molar-refractivity contribution in [3.63, 3.8) is 0 Å². The Kier molecular flexibility index (Phi) is 13.7. The number of unbranched alkanes of at least 4 members (excludes halogenated alkanes) is 4. The van der Waals surface area contributed by atoms with Gasteiger partial charge in [0, 0.05) is 43.0 Å². The largest absolute Gasteiger partial charge is 0.744 e. The Morgan fingerprint density at radius 3 is 2.05 bits per heavy atom. The van der Waals surface area contributed by atoms with Crippen LogP contribution in [0.1, 0.15) is 51.4 Å². The molecule has 3 aromatic rings. The van der Waals surface area contributed by atoms with Crippen LogP contribution in [0, 0.1) is 0 Å². The predicted octanol–water partition coefficient (Wildman–Crippen LogP) is 1.80. The second kappa shape index (κ2) is 16.7. The van der Waals surface area contributed by atoms with Gasteiger partial charge in [-0.2, -0.15) is 0 Å². The number of ether oxygens (including phenoxy) is 1. The minimum atomic E-state index is -4.83. The molecule has 15 heteroatoms. The summed E-state index contributed by atoms with van der Waals surface area (Å²) in [4.78, 5) is 34.8. The summed E-state index contributed by atoms with van der Waals surface area (Å²) in [6.07, 6.45) is 7.72. The number of hydrogen-bond donors (Lipinski definition) is 2. The molecule has 1 aromatic carbocycles. The Hall–Kier alpha value is -4.08. The Labute approximate surface area is 255 Å². The third kappa shape index (κ3) is 13.5. The monoisotopic (exact) mass is 637 g/mol. The van der Waals surface area contributed by atoms with Crippen LogP contribution in [0.3, 0.4) is 0 Å². The number of aryl methyl sites for hydroxylation is 1. The first-order valence-corrected chi connectivity index (χ1v) is 15.4. The van der Waals surface area contributed by atoms with Crippen molar-refractivity contribution < 1.29 is 60.9 Å². The molecule has 0 saturated carbocycles. The maximum Gasteiger partial charge on any atom is 0.303 e.